The number of benzene rings is 1. The molecule has 0 radical (unpaired) electrons. The Morgan fingerprint density at radius 1 is 1.32 bits per heavy atom. The van der Waals surface area contributed by atoms with Crippen molar-refractivity contribution < 1.29 is 19.0 Å². The quantitative estimate of drug-likeness (QED) is 0.668. The highest BCUT2D eigenvalue weighted by molar-refractivity contribution is 6.32. The number of carbonyl (C=O) groups is 1. The van der Waals surface area contributed by atoms with E-state index in [0.717, 1.165) is 0 Å². The van der Waals surface area contributed by atoms with Crippen molar-refractivity contribution in [3.05, 3.63) is 65.3 Å². The van der Waals surface area contributed by atoms with E-state index in [1.807, 2.05) is 0 Å². The van der Waals surface area contributed by atoms with Gasteiger partial charge >= 0.3 is 5.97 Å². The SMILES string of the molecule is O=C(OCc1cc(Cl)c2c(c1)OCO2)c1ccc(-n2ccnc2)nc1. The molecule has 3 heterocycles. The molecule has 0 saturated heterocycles. The topological polar surface area (TPSA) is 75.5 Å². The summed E-state index contributed by atoms with van der Waals surface area (Å²) in [7, 11) is 0. The minimum Gasteiger partial charge on any atom is -0.457 e. The Morgan fingerprint density at radius 2 is 2.24 bits per heavy atom. The molecule has 126 valence electrons. The standard InChI is InChI=1S/C17H12ClN3O4/c18-13-5-11(6-14-16(13)25-10-24-14)8-23-17(22)12-1-2-15(20-7-12)21-4-3-19-9-21/h1-7,9H,8,10H2. The van der Waals surface area contributed by atoms with E-state index < -0.39 is 5.97 Å². The Labute approximate surface area is 147 Å². The van der Waals surface area contributed by atoms with Crippen LogP contribution < -0.4 is 9.47 Å². The molecule has 0 amide bonds. The van der Waals surface area contributed by atoms with Crippen LogP contribution in [0.5, 0.6) is 11.5 Å². The summed E-state index contributed by atoms with van der Waals surface area (Å²) < 4.78 is 17.6. The normalized spacial score (nSPS) is 12.2. The van der Waals surface area contributed by atoms with Gasteiger partial charge in [-0.2, -0.15) is 0 Å². The number of pyridine rings is 1. The molecule has 1 aromatic carbocycles. The molecule has 1 aliphatic heterocycles. The second-order valence-electron chi connectivity index (χ2n) is 5.26. The number of imidazole rings is 1. The van der Waals surface area contributed by atoms with Gasteiger partial charge in [-0.3, -0.25) is 4.57 Å². The fourth-order valence-electron chi connectivity index (χ4n) is 2.39. The average molecular weight is 358 g/mol. The lowest BCUT2D eigenvalue weighted by Crippen LogP contribution is -2.06. The summed E-state index contributed by atoms with van der Waals surface area (Å²) in [5.41, 5.74) is 1.07. The van der Waals surface area contributed by atoms with Gasteiger partial charge in [-0.05, 0) is 29.8 Å². The van der Waals surface area contributed by atoms with Gasteiger partial charge in [-0.25, -0.2) is 14.8 Å². The molecule has 8 heteroatoms. The number of esters is 1. The summed E-state index contributed by atoms with van der Waals surface area (Å²) in [5, 5.41) is 0.424. The molecular formula is C17H12ClN3O4. The van der Waals surface area contributed by atoms with Crippen LogP contribution >= 0.6 is 11.6 Å². The number of halogens is 1. The van der Waals surface area contributed by atoms with Crippen LogP contribution in [0.4, 0.5) is 0 Å². The molecule has 0 atom stereocenters. The van der Waals surface area contributed by atoms with Gasteiger partial charge in [0.2, 0.25) is 6.79 Å². The van der Waals surface area contributed by atoms with Crippen LogP contribution in [0.15, 0.2) is 49.2 Å². The van der Waals surface area contributed by atoms with Crippen LogP contribution in [0.3, 0.4) is 0 Å². The molecule has 0 aliphatic carbocycles. The lowest BCUT2D eigenvalue weighted by Gasteiger charge is -2.07. The maximum Gasteiger partial charge on any atom is 0.340 e. The van der Waals surface area contributed by atoms with E-state index in [1.165, 1.54) is 6.20 Å². The van der Waals surface area contributed by atoms with Crippen molar-refractivity contribution in [1.82, 2.24) is 14.5 Å². The molecule has 0 N–H and O–H groups in total. The van der Waals surface area contributed by atoms with Crippen LogP contribution in [0.2, 0.25) is 5.02 Å². The number of carbonyl (C=O) groups excluding carboxylic acids is 1. The molecular weight excluding hydrogens is 346 g/mol. The van der Waals surface area contributed by atoms with Crippen LogP contribution in [0.25, 0.3) is 5.82 Å². The number of hydrogen-bond donors (Lipinski definition) is 0. The third kappa shape index (κ3) is 3.14. The first-order chi connectivity index (χ1) is 12.2. The van der Waals surface area contributed by atoms with E-state index in [9.17, 15) is 4.79 Å². The van der Waals surface area contributed by atoms with Crippen molar-refractivity contribution in [2.75, 3.05) is 6.79 Å². The zero-order chi connectivity index (χ0) is 17.2. The number of aromatic nitrogens is 3. The van der Waals surface area contributed by atoms with E-state index in [0.29, 0.717) is 33.5 Å². The predicted octanol–water partition coefficient (Wildman–Crippen LogP) is 3.01. The molecule has 25 heavy (non-hydrogen) atoms. The van der Waals surface area contributed by atoms with Crippen molar-refractivity contribution in [3.8, 4) is 17.3 Å². The molecule has 1 aliphatic rings. The van der Waals surface area contributed by atoms with E-state index >= 15 is 0 Å². The lowest BCUT2D eigenvalue weighted by atomic mass is 10.2. The van der Waals surface area contributed by atoms with Crippen molar-refractivity contribution in [1.29, 1.82) is 0 Å². The second-order valence-corrected chi connectivity index (χ2v) is 5.67. The Morgan fingerprint density at radius 3 is 3.00 bits per heavy atom. The highest BCUT2D eigenvalue weighted by Gasteiger charge is 2.19. The number of rotatable bonds is 4. The van der Waals surface area contributed by atoms with Gasteiger partial charge in [0.1, 0.15) is 18.8 Å². The van der Waals surface area contributed by atoms with Crippen LogP contribution in [-0.2, 0) is 11.3 Å². The fraction of sp³-hybridized carbons (Fsp3) is 0.118. The molecule has 4 rings (SSSR count). The first-order valence-electron chi connectivity index (χ1n) is 7.40. The summed E-state index contributed by atoms with van der Waals surface area (Å²) in [6.07, 6.45) is 6.51. The fourth-order valence-corrected chi connectivity index (χ4v) is 2.68. The number of fused-ring (bicyclic) bond motifs is 1. The molecule has 0 saturated carbocycles. The van der Waals surface area contributed by atoms with E-state index in [1.54, 1.807) is 47.6 Å². The highest BCUT2D eigenvalue weighted by Crippen LogP contribution is 2.39. The van der Waals surface area contributed by atoms with Crippen molar-refractivity contribution in [2.45, 2.75) is 6.61 Å². The van der Waals surface area contributed by atoms with Crippen LogP contribution in [0.1, 0.15) is 15.9 Å². The van der Waals surface area contributed by atoms with Gasteiger partial charge in [0, 0.05) is 18.6 Å². The Balaban J connectivity index is 1.43. The van der Waals surface area contributed by atoms with Gasteiger partial charge in [-0.1, -0.05) is 11.6 Å². The maximum absolute atomic E-state index is 12.2. The molecule has 0 fully saturated rings. The zero-order valence-electron chi connectivity index (χ0n) is 12.9. The van der Waals surface area contributed by atoms with Crippen LogP contribution in [-0.4, -0.2) is 27.3 Å². The van der Waals surface area contributed by atoms with Gasteiger partial charge in [-0.15, -0.1) is 0 Å². The summed E-state index contributed by atoms with van der Waals surface area (Å²) in [6, 6.07) is 6.79. The van der Waals surface area contributed by atoms with E-state index in [2.05, 4.69) is 9.97 Å². The lowest BCUT2D eigenvalue weighted by molar-refractivity contribution is 0.0472. The Bertz CT molecular complexity index is 910. The minimum atomic E-state index is -0.474. The molecule has 2 aromatic heterocycles. The smallest absolute Gasteiger partial charge is 0.340 e. The number of nitrogens with zero attached hydrogens (tertiary/aromatic N) is 3. The summed E-state index contributed by atoms with van der Waals surface area (Å²) >= 11 is 6.11. The zero-order valence-corrected chi connectivity index (χ0v) is 13.6. The number of hydrogen-bond acceptors (Lipinski definition) is 6. The molecule has 0 unspecified atom stereocenters. The first-order valence-corrected chi connectivity index (χ1v) is 7.78. The second kappa shape index (κ2) is 6.45. The molecule has 0 bridgehead atoms. The van der Waals surface area contributed by atoms with Crippen molar-refractivity contribution in [2.24, 2.45) is 0 Å². The summed E-state index contributed by atoms with van der Waals surface area (Å²) in [5.74, 6) is 1.25. The van der Waals surface area contributed by atoms with E-state index in [4.69, 9.17) is 25.8 Å². The monoisotopic (exact) mass is 357 g/mol. The summed E-state index contributed by atoms with van der Waals surface area (Å²) in [6.45, 7) is 0.200. The van der Waals surface area contributed by atoms with Gasteiger partial charge in [0.25, 0.3) is 0 Å². The Kier molecular flexibility index (Phi) is 3.99. The highest BCUT2D eigenvalue weighted by atomic mass is 35.5. The van der Waals surface area contributed by atoms with Gasteiger partial charge < -0.3 is 14.2 Å². The first kappa shape index (κ1) is 15.5. The minimum absolute atomic E-state index is 0.0679. The largest absolute Gasteiger partial charge is 0.457 e. The summed E-state index contributed by atoms with van der Waals surface area (Å²) in [4.78, 5) is 20.3. The Hall–Kier alpha value is -3.06. The van der Waals surface area contributed by atoms with Gasteiger partial charge in [0.05, 0.1) is 10.6 Å². The molecule has 7 nitrogen and oxygen atoms in total. The third-order valence-electron chi connectivity index (χ3n) is 3.61. The predicted molar refractivity (Wildman–Crippen MR) is 88.1 cm³/mol. The molecule has 3 aromatic rings. The van der Waals surface area contributed by atoms with Gasteiger partial charge in [0.15, 0.2) is 11.5 Å². The van der Waals surface area contributed by atoms with Crippen molar-refractivity contribution in [3.63, 3.8) is 0 Å². The number of ether oxygens (including phenoxy) is 3. The van der Waals surface area contributed by atoms with Crippen molar-refractivity contribution >= 4 is 17.6 Å². The van der Waals surface area contributed by atoms with Crippen LogP contribution in [0, 0.1) is 0 Å². The molecule has 0 spiro atoms. The third-order valence-corrected chi connectivity index (χ3v) is 3.89. The average Bonchev–Trinajstić information content (AvgIpc) is 3.31. The maximum atomic E-state index is 12.2. The van der Waals surface area contributed by atoms with E-state index in [-0.39, 0.29) is 13.4 Å².